The van der Waals surface area contributed by atoms with Gasteiger partial charge < -0.3 is 19.7 Å². The topological polar surface area (TPSA) is 50.8 Å². The van der Waals surface area contributed by atoms with E-state index in [9.17, 15) is 4.79 Å². The van der Waals surface area contributed by atoms with E-state index in [0.717, 1.165) is 45.4 Å². The largest absolute Gasteiger partial charge is 0.349 e. The van der Waals surface area contributed by atoms with Crippen LogP contribution in [0.15, 0.2) is 0 Å². The van der Waals surface area contributed by atoms with Crippen molar-refractivity contribution in [2.24, 2.45) is 0 Å². The zero-order valence-corrected chi connectivity index (χ0v) is 11.4. The van der Waals surface area contributed by atoms with Gasteiger partial charge in [0.05, 0.1) is 13.2 Å². The molecule has 5 nitrogen and oxygen atoms in total. The van der Waals surface area contributed by atoms with Crippen LogP contribution < -0.4 is 5.32 Å². The Labute approximate surface area is 109 Å². The number of rotatable bonds is 4. The van der Waals surface area contributed by atoms with Crippen molar-refractivity contribution in [3.05, 3.63) is 0 Å². The first-order valence-electron chi connectivity index (χ1n) is 6.83. The summed E-state index contributed by atoms with van der Waals surface area (Å²) in [5.41, 5.74) is 0. The van der Waals surface area contributed by atoms with Gasteiger partial charge in [-0.15, -0.1) is 0 Å². The van der Waals surface area contributed by atoms with Crippen molar-refractivity contribution in [3.8, 4) is 0 Å². The Bertz CT molecular complexity index is 278. The summed E-state index contributed by atoms with van der Waals surface area (Å²) in [4.78, 5) is 13.1. The number of ether oxygens (including phenoxy) is 2. The normalized spacial score (nSPS) is 23.4. The number of nitrogens with one attached hydrogen (secondary N) is 1. The molecule has 1 amide bonds. The van der Waals surface area contributed by atoms with Crippen molar-refractivity contribution in [1.82, 2.24) is 10.2 Å². The van der Waals surface area contributed by atoms with Crippen molar-refractivity contribution >= 4 is 5.91 Å². The summed E-state index contributed by atoms with van der Waals surface area (Å²) in [5.74, 6) is -0.102. The minimum atomic E-state index is -0.280. The summed E-state index contributed by atoms with van der Waals surface area (Å²) in [6, 6.07) is 0.499. The monoisotopic (exact) mass is 256 g/mol. The van der Waals surface area contributed by atoms with Gasteiger partial charge in [0.25, 0.3) is 0 Å². The van der Waals surface area contributed by atoms with Crippen LogP contribution in [0.25, 0.3) is 0 Å². The van der Waals surface area contributed by atoms with Gasteiger partial charge in [-0.1, -0.05) is 0 Å². The van der Waals surface area contributed by atoms with E-state index in [-0.39, 0.29) is 11.7 Å². The average Bonchev–Trinajstić information content (AvgIpc) is 2.80. The molecule has 1 saturated heterocycles. The second-order valence-corrected chi connectivity index (χ2v) is 5.37. The molecule has 1 aliphatic carbocycles. The van der Waals surface area contributed by atoms with Crippen molar-refractivity contribution in [1.29, 1.82) is 0 Å². The van der Waals surface area contributed by atoms with Crippen LogP contribution in [-0.2, 0) is 14.3 Å². The Morgan fingerprint density at radius 2 is 1.89 bits per heavy atom. The van der Waals surface area contributed by atoms with E-state index < -0.39 is 0 Å². The van der Waals surface area contributed by atoms with Gasteiger partial charge in [0.1, 0.15) is 0 Å². The van der Waals surface area contributed by atoms with Crippen molar-refractivity contribution in [2.75, 3.05) is 33.9 Å². The Morgan fingerprint density at radius 3 is 2.44 bits per heavy atom. The second kappa shape index (κ2) is 5.99. The van der Waals surface area contributed by atoms with Gasteiger partial charge in [-0.2, -0.15) is 0 Å². The molecule has 0 unspecified atom stereocenters. The van der Waals surface area contributed by atoms with Gasteiger partial charge in [-0.05, 0) is 12.8 Å². The molecular formula is C13H24N2O3. The molecule has 1 N–H and O–H groups in total. The van der Waals surface area contributed by atoms with Crippen molar-refractivity contribution in [3.63, 3.8) is 0 Å². The quantitative estimate of drug-likeness (QED) is 0.806. The lowest BCUT2D eigenvalue weighted by Gasteiger charge is -2.35. The maximum Gasteiger partial charge on any atom is 0.223 e. The van der Waals surface area contributed by atoms with Gasteiger partial charge >= 0.3 is 0 Å². The lowest BCUT2D eigenvalue weighted by atomic mass is 9.90. The number of amides is 1. The van der Waals surface area contributed by atoms with Crippen LogP contribution in [0.5, 0.6) is 0 Å². The molecule has 0 bridgehead atoms. The number of hydrogen-bond donors (Lipinski definition) is 1. The molecule has 18 heavy (non-hydrogen) atoms. The minimum absolute atomic E-state index is 0.178. The molecule has 0 aromatic heterocycles. The molecule has 0 atom stereocenters. The fourth-order valence-electron chi connectivity index (χ4n) is 2.65. The first-order valence-corrected chi connectivity index (χ1v) is 6.83. The molecule has 5 heteroatoms. The van der Waals surface area contributed by atoms with Crippen molar-refractivity contribution in [2.45, 2.75) is 43.9 Å². The summed E-state index contributed by atoms with van der Waals surface area (Å²) in [6.07, 6.45) is 4.63. The fraction of sp³-hybridized carbons (Fsp3) is 0.923. The van der Waals surface area contributed by atoms with Crippen LogP contribution in [0.3, 0.4) is 0 Å². The molecule has 104 valence electrons. The minimum Gasteiger partial charge on any atom is -0.349 e. The summed E-state index contributed by atoms with van der Waals surface area (Å²) < 4.78 is 11.4. The zero-order valence-electron chi connectivity index (χ0n) is 11.4. The SMILES string of the molecule is CN(C)C(=O)CCNC1CCC2(CC1)OCCO2. The smallest absolute Gasteiger partial charge is 0.223 e. The molecule has 0 aromatic carbocycles. The van der Waals surface area contributed by atoms with Crippen LogP contribution >= 0.6 is 0 Å². The lowest BCUT2D eigenvalue weighted by molar-refractivity contribution is -0.179. The Kier molecular flexibility index (Phi) is 4.59. The highest BCUT2D eigenvalue weighted by Gasteiger charge is 2.40. The number of carbonyl (C=O) groups is 1. The molecule has 2 aliphatic rings. The second-order valence-electron chi connectivity index (χ2n) is 5.37. The predicted octanol–water partition coefficient (Wildman–Crippen LogP) is 0.740. The van der Waals surface area contributed by atoms with Gasteiger partial charge in [0.15, 0.2) is 5.79 Å². The summed E-state index contributed by atoms with van der Waals surface area (Å²) in [7, 11) is 3.59. The molecule has 1 spiro atoms. The summed E-state index contributed by atoms with van der Waals surface area (Å²) >= 11 is 0. The Morgan fingerprint density at radius 1 is 1.28 bits per heavy atom. The summed E-state index contributed by atoms with van der Waals surface area (Å²) in [6.45, 7) is 2.22. The van der Waals surface area contributed by atoms with Gasteiger partial charge in [-0.3, -0.25) is 4.79 Å². The molecule has 1 heterocycles. The molecule has 1 saturated carbocycles. The molecule has 0 radical (unpaired) electrons. The van der Waals surface area contributed by atoms with E-state index in [1.165, 1.54) is 0 Å². The molecule has 2 rings (SSSR count). The van der Waals surface area contributed by atoms with Gasteiger partial charge in [-0.25, -0.2) is 0 Å². The van der Waals surface area contributed by atoms with Crippen LogP contribution in [0.1, 0.15) is 32.1 Å². The van der Waals surface area contributed by atoms with E-state index >= 15 is 0 Å². The molecule has 0 aromatic rings. The summed E-state index contributed by atoms with van der Waals surface area (Å²) in [5, 5.41) is 3.46. The number of hydrogen-bond acceptors (Lipinski definition) is 4. The van der Waals surface area contributed by atoms with E-state index in [1.54, 1.807) is 19.0 Å². The standard InChI is InChI=1S/C13H24N2O3/c1-15(2)12(16)5-8-14-11-3-6-13(7-4-11)17-9-10-18-13/h11,14H,3-10H2,1-2H3. The van der Waals surface area contributed by atoms with Crippen LogP contribution in [0.4, 0.5) is 0 Å². The third-order valence-corrected chi connectivity index (χ3v) is 3.83. The third kappa shape index (κ3) is 3.43. The van der Waals surface area contributed by atoms with Crippen LogP contribution in [0.2, 0.25) is 0 Å². The van der Waals surface area contributed by atoms with Crippen molar-refractivity contribution < 1.29 is 14.3 Å². The predicted molar refractivity (Wildman–Crippen MR) is 68.2 cm³/mol. The van der Waals surface area contributed by atoms with E-state index in [0.29, 0.717) is 12.5 Å². The molecular weight excluding hydrogens is 232 g/mol. The highest BCUT2D eigenvalue weighted by atomic mass is 16.7. The Balaban J connectivity index is 1.63. The maximum atomic E-state index is 11.4. The third-order valence-electron chi connectivity index (χ3n) is 3.83. The lowest BCUT2D eigenvalue weighted by Crippen LogP contribution is -2.42. The maximum absolute atomic E-state index is 11.4. The van der Waals surface area contributed by atoms with Crippen LogP contribution in [-0.4, -0.2) is 56.5 Å². The molecule has 2 fully saturated rings. The highest BCUT2D eigenvalue weighted by Crippen LogP contribution is 2.35. The van der Waals surface area contributed by atoms with Gasteiger partial charge in [0.2, 0.25) is 5.91 Å². The number of nitrogens with zero attached hydrogens (tertiary/aromatic N) is 1. The molecule has 1 aliphatic heterocycles. The number of carbonyl (C=O) groups excluding carboxylic acids is 1. The van der Waals surface area contributed by atoms with E-state index in [2.05, 4.69) is 5.32 Å². The first-order chi connectivity index (χ1) is 8.61. The Hall–Kier alpha value is -0.650. The van der Waals surface area contributed by atoms with Gasteiger partial charge in [0, 0.05) is 45.9 Å². The van der Waals surface area contributed by atoms with Crippen LogP contribution in [0, 0.1) is 0 Å². The fourth-order valence-corrected chi connectivity index (χ4v) is 2.65. The first kappa shape index (κ1) is 13.8. The zero-order chi connectivity index (χ0) is 13.0. The van der Waals surface area contributed by atoms with E-state index in [4.69, 9.17) is 9.47 Å². The highest BCUT2D eigenvalue weighted by molar-refractivity contribution is 5.75. The van der Waals surface area contributed by atoms with E-state index in [1.807, 2.05) is 0 Å². The average molecular weight is 256 g/mol.